The van der Waals surface area contributed by atoms with Crippen LogP contribution < -0.4 is 20.7 Å². The van der Waals surface area contributed by atoms with Crippen molar-refractivity contribution in [2.75, 3.05) is 7.11 Å². The number of rotatable bonds is 2. The summed E-state index contributed by atoms with van der Waals surface area (Å²) in [5, 5.41) is 16.5. The number of carboxylic acids is 1. The zero-order chi connectivity index (χ0) is 16.9. The molecule has 0 fully saturated rings. The highest BCUT2D eigenvalue weighted by Gasteiger charge is 2.30. The van der Waals surface area contributed by atoms with E-state index in [1.165, 1.54) is 18.7 Å². The molecule has 0 aromatic heterocycles. The van der Waals surface area contributed by atoms with Gasteiger partial charge in [0.05, 0.1) is 7.11 Å². The molecule has 0 aliphatic carbocycles. The van der Waals surface area contributed by atoms with Gasteiger partial charge in [0.15, 0.2) is 0 Å². The van der Waals surface area contributed by atoms with Gasteiger partial charge in [0.25, 0.3) is 0 Å². The van der Waals surface area contributed by atoms with E-state index in [1.54, 1.807) is 6.07 Å². The minimum Gasteiger partial charge on any atom is -0.495 e. The smallest absolute Gasteiger partial charge is 0.339 e. The first-order valence-electron chi connectivity index (χ1n) is 6.53. The molecule has 5 N–H and O–H groups in total. The number of aromatic carboxylic acids is 1. The number of nitrogens with two attached hydrogens (primary N) is 1. The van der Waals surface area contributed by atoms with Gasteiger partial charge in [-0.1, -0.05) is 0 Å². The molecule has 1 aliphatic rings. The SMILES string of the molecule is COc1c(C(=O)O)ccc2c1CCC(C)(C)O2.NC(=O)NO. The lowest BCUT2D eigenvalue weighted by Gasteiger charge is -2.33. The van der Waals surface area contributed by atoms with Gasteiger partial charge in [-0.25, -0.2) is 15.1 Å². The van der Waals surface area contributed by atoms with E-state index >= 15 is 0 Å². The molecule has 8 nitrogen and oxygen atoms in total. The second-order valence-electron chi connectivity index (χ2n) is 5.27. The van der Waals surface area contributed by atoms with Crippen molar-refractivity contribution < 1.29 is 29.4 Å². The van der Waals surface area contributed by atoms with Crippen molar-refractivity contribution in [2.45, 2.75) is 32.3 Å². The minimum absolute atomic E-state index is 0.189. The highest BCUT2D eigenvalue weighted by Crippen LogP contribution is 2.40. The van der Waals surface area contributed by atoms with Gasteiger partial charge in [-0.05, 0) is 38.8 Å². The van der Waals surface area contributed by atoms with Crippen LogP contribution in [0.15, 0.2) is 12.1 Å². The first-order chi connectivity index (χ1) is 10.2. The molecule has 2 amide bonds. The maximum absolute atomic E-state index is 11.1. The van der Waals surface area contributed by atoms with E-state index < -0.39 is 12.0 Å². The number of hydrogen-bond acceptors (Lipinski definition) is 5. The summed E-state index contributed by atoms with van der Waals surface area (Å²) >= 11 is 0. The van der Waals surface area contributed by atoms with Crippen molar-refractivity contribution in [1.29, 1.82) is 0 Å². The fraction of sp³-hybridized carbons (Fsp3) is 0.429. The van der Waals surface area contributed by atoms with E-state index in [-0.39, 0.29) is 11.2 Å². The summed E-state index contributed by atoms with van der Waals surface area (Å²) in [4.78, 5) is 20.3. The minimum atomic E-state index is -0.977. The Labute approximate surface area is 127 Å². The quantitative estimate of drug-likeness (QED) is 0.484. The van der Waals surface area contributed by atoms with E-state index in [2.05, 4.69) is 5.73 Å². The van der Waals surface area contributed by atoms with Gasteiger partial charge in [-0.3, -0.25) is 5.21 Å². The van der Waals surface area contributed by atoms with Crippen molar-refractivity contribution in [3.63, 3.8) is 0 Å². The summed E-state index contributed by atoms with van der Waals surface area (Å²) in [7, 11) is 1.49. The predicted octanol–water partition coefficient (Wildman–Crippen LogP) is 1.54. The van der Waals surface area contributed by atoms with Crippen LogP contribution in [0.5, 0.6) is 11.5 Å². The molecule has 1 heterocycles. The summed E-state index contributed by atoms with van der Waals surface area (Å²) in [6.07, 6.45) is 1.62. The highest BCUT2D eigenvalue weighted by molar-refractivity contribution is 5.92. The van der Waals surface area contributed by atoms with E-state index in [0.717, 1.165) is 24.2 Å². The molecule has 2 rings (SSSR count). The zero-order valence-corrected chi connectivity index (χ0v) is 12.7. The lowest BCUT2D eigenvalue weighted by Crippen LogP contribution is -2.32. The topological polar surface area (TPSA) is 131 Å². The van der Waals surface area contributed by atoms with Crippen LogP contribution in [0.1, 0.15) is 36.2 Å². The largest absolute Gasteiger partial charge is 0.495 e. The summed E-state index contributed by atoms with van der Waals surface area (Å²) in [6.45, 7) is 4.04. The molecule has 1 aromatic rings. The Morgan fingerprint density at radius 2 is 2.00 bits per heavy atom. The number of fused-ring (bicyclic) bond motifs is 1. The van der Waals surface area contributed by atoms with E-state index in [4.69, 9.17) is 19.8 Å². The molecule has 122 valence electrons. The molecule has 0 bridgehead atoms. The summed E-state index contributed by atoms with van der Waals surface area (Å²) in [5.41, 5.74) is 6.30. The van der Waals surface area contributed by atoms with Crippen LogP contribution in [0.25, 0.3) is 0 Å². The number of hydroxylamine groups is 1. The third-order valence-corrected chi connectivity index (χ3v) is 3.13. The molecule has 0 atom stereocenters. The van der Waals surface area contributed by atoms with E-state index in [9.17, 15) is 9.59 Å². The summed E-state index contributed by atoms with van der Waals surface area (Å²) < 4.78 is 11.0. The number of urea groups is 1. The number of amides is 2. The van der Waals surface area contributed by atoms with Gasteiger partial charge in [-0.2, -0.15) is 0 Å². The van der Waals surface area contributed by atoms with Crippen LogP contribution >= 0.6 is 0 Å². The second kappa shape index (κ2) is 6.99. The molecule has 1 aromatic carbocycles. The van der Waals surface area contributed by atoms with Crippen LogP contribution in [0.2, 0.25) is 0 Å². The Morgan fingerprint density at radius 3 is 2.45 bits per heavy atom. The molecule has 0 saturated heterocycles. The van der Waals surface area contributed by atoms with Gasteiger partial charge < -0.3 is 20.3 Å². The van der Waals surface area contributed by atoms with Crippen LogP contribution in [-0.2, 0) is 6.42 Å². The van der Waals surface area contributed by atoms with Crippen LogP contribution in [0.3, 0.4) is 0 Å². The number of carbonyl (C=O) groups is 2. The number of benzene rings is 1. The fourth-order valence-corrected chi connectivity index (χ4v) is 2.12. The van der Waals surface area contributed by atoms with E-state index in [1.807, 2.05) is 13.8 Å². The third kappa shape index (κ3) is 4.26. The average Bonchev–Trinajstić information content (AvgIpc) is 2.45. The van der Waals surface area contributed by atoms with Crippen molar-refractivity contribution >= 4 is 12.0 Å². The first-order valence-corrected chi connectivity index (χ1v) is 6.53. The lowest BCUT2D eigenvalue weighted by atomic mass is 9.92. The Bertz CT molecular complexity index is 571. The Balaban J connectivity index is 0.000000422. The molecule has 0 saturated carbocycles. The Morgan fingerprint density at radius 1 is 1.41 bits per heavy atom. The summed E-state index contributed by atoms with van der Waals surface area (Å²) in [6, 6.07) is 2.30. The van der Waals surface area contributed by atoms with Gasteiger partial charge in [0.1, 0.15) is 22.7 Å². The van der Waals surface area contributed by atoms with Crippen molar-refractivity contribution in [3.05, 3.63) is 23.3 Å². The van der Waals surface area contributed by atoms with Crippen LogP contribution in [0.4, 0.5) is 4.79 Å². The number of ether oxygens (including phenoxy) is 2. The van der Waals surface area contributed by atoms with Crippen LogP contribution in [0, 0.1) is 0 Å². The van der Waals surface area contributed by atoms with Gasteiger partial charge in [0.2, 0.25) is 0 Å². The molecule has 8 heteroatoms. The highest BCUT2D eigenvalue weighted by atomic mass is 16.5. The standard InChI is InChI=1S/C13H16O4.CH4N2O2/c1-13(2)7-6-8-10(17-13)5-4-9(12(14)15)11(8)16-3;2-1(4)3-5/h4-5H,6-7H2,1-3H3,(H,14,15);5H,(H3,2,3,4). The maximum Gasteiger partial charge on any atom is 0.339 e. The molecule has 0 radical (unpaired) electrons. The molecular formula is C14H20N2O6. The van der Waals surface area contributed by atoms with Gasteiger partial charge >= 0.3 is 12.0 Å². The average molecular weight is 312 g/mol. The zero-order valence-electron chi connectivity index (χ0n) is 12.7. The monoisotopic (exact) mass is 312 g/mol. The van der Waals surface area contributed by atoms with Crippen LogP contribution in [-0.4, -0.2) is 35.0 Å². The summed E-state index contributed by atoms with van der Waals surface area (Å²) in [5.74, 6) is 0.170. The normalized spacial score (nSPS) is 14.5. The second-order valence-corrected chi connectivity index (χ2v) is 5.27. The number of nitrogens with one attached hydrogen (secondary N) is 1. The van der Waals surface area contributed by atoms with Gasteiger partial charge in [-0.15, -0.1) is 0 Å². The number of primary amides is 1. The molecule has 0 unspecified atom stereocenters. The number of methoxy groups -OCH3 is 1. The molecule has 1 aliphatic heterocycles. The fourth-order valence-electron chi connectivity index (χ4n) is 2.12. The Kier molecular flexibility index (Phi) is 5.58. The third-order valence-electron chi connectivity index (χ3n) is 3.13. The van der Waals surface area contributed by atoms with Gasteiger partial charge in [0, 0.05) is 5.56 Å². The molecular weight excluding hydrogens is 292 g/mol. The van der Waals surface area contributed by atoms with Crippen molar-refractivity contribution in [3.8, 4) is 11.5 Å². The van der Waals surface area contributed by atoms with Crippen molar-refractivity contribution in [2.24, 2.45) is 5.73 Å². The lowest BCUT2D eigenvalue weighted by molar-refractivity contribution is 0.0690. The molecule has 0 spiro atoms. The number of carboxylic acid groups (broad SMARTS) is 1. The van der Waals surface area contributed by atoms with E-state index in [0.29, 0.717) is 5.75 Å². The van der Waals surface area contributed by atoms with Crippen molar-refractivity contribution in [1.82, 2.24) is 5.48 Å². The number of carbonyl (C=O) groups excluding carboxylic acids is 1. The predicted molar refractivity (Wildman–Crippen MR) is 77.5 cm³/mol. The Hall–Kier alpha value is -2.48. The first kappa shape index (κ1) is 17.6. The maximum atomic E-state index is 11.1. The molecule has 22 heavy (non-hydrogen) atoms. The number of hydrogen-bond donors (Lipinski definition) is 4.